The van der Waals surface area contributed by atoms with Gasteiger partial charge in [0.05, 0.1) is 17.2 Å². The molecule has 0 unspecified atom stereocenters. The largest absolute Gasteiger partial charge is 0.333 e. The van der Waals surface area contributed by atoms with Crippen molar-refractivity contribution in [1.82, 2.24) is 4.90 Å². The molecule has 1 aromatic rings. The van der Waals surface area contributed by atoms with Gasteiger partial charge in [-0.3, -0.25) is 19.7 Å². The number of nitrogens with one attached hydrogen (secondary N) is 1. The molecular formula is C15H18FN3O4. The number of non-ortho nitro benzene ring substituents is 1. The molecule has 2 amide bonds. The average molecular weight is 323 g/mol. The van der Waals surface area contributed by atoms with Gasteiger partial charge >= 0.3 is 0 Å². The van der Waals surface area contributed by atoms with E-state index in [1.54, 1.807) is 0 Å². The fourth-order valence-corrected chi connectivity index (χ4v) is 2.47. The van der Waals surface area contributed by atoms with Crippen LogP contribution in [-0.2, 0) is 9.59 Å². The lowest BCUT2D eigenvalue weighted by molar-refractivity contribution is -0.384. The predicted octanol–water partition coefficient (Wildman–Crippen LogP) is 2.47. The van der Waals surface area contributed by atoms with E-state index in [1.807, 2.05) is 0 Å². The Morgan fingerprint density at radius 1 is 1.30 bits per heavy atom. The summed E-state index contributed by atoms with van der Waals surface area (Å²) in [6, 6.07) is 2.91. The number of carbonyl (C=O) groups is 2. The Labute approximate surface area is 132 Å². The topological polar surface area (TPSA) is 92.6 Å². The summed E-state index contributed by atoms with van der Waals surface area (Å²) in [5, 5.41) is 13.0. The first-order valence-electron chi connectivity index (χ1n) is 7.49. The molecule has 1 heterocycles. The number of halogens is 1. The van der Waals surface area contributed by atoms with Gasteiger partial charge in [-0.15, -0.1) is 0 Å². The molecule has 1 fully saturated rings. The first-order valence-corrected chi connectivity index (χ1v) is 7.49. The van der Waals surface area contributed by atoms with Crippen LogP contribution in [0.1, 0.15) is 32.1 Å². The molecule has 8 heteroatoms. The molecule has 0 spiro atoms. The Bertz CT molecular complexity index is 621. The van der Waals surface area contributed by atoms with E-state index < -0.39 is 16.6 Å². The van der Waals surface area contributed by atoms with Crippen molar-refractivity contribution in [2.24, 2.45) is 0 Å². The highest BCUT2D eigenvalue weighted by atomic mass is 19.1. The van der Waals surface area contributed by atoms with E-state index in [2.05, 4.69) is 5.32 Å². The number of carbonyl (C=O) groups excluding carboxylic acids is 2. The third kappa shape index (κ3) is 4.73. The molecule has 0 aromatic heterocycles. The summed E-state index contributed by atoms with van der Waals surface area (Å²) in [5.74, 6) is -1.43. The minimum absolute atomic E-state index is 0.0978. The van der Waals surface area contributed by atoms with Gasteiger partial charge in [0.2, 0.25) is 11.8 Å². The third-order valence-electron chi connectivity index (χ3n) is 3.69. The second-order valence-corrected chi connectivity index (χ2v) is 5.45. The van der Waals surface area contributed by atoms with Crippen LogP contribution in [0.3, 0.4) is 0 Å². The van der Waals surface area contributed by atoms with Gasteiger partial charge in [-0.25, -0.2) is 4.39 Å². The lowest BCUT2D eigenvalue weighted by atomic mass is 10.1. The summed E-state index contributed by atoms with van der Waals surface area (Å²) in [7, 11) is 0. The maximum atomic E-state index is 13.6. The van der Waals surface area contributed by atoms with Gasteiger partial charge in [0.1, 0.15) is 5.82 Å². The molecule has 0 saturated carbocycles. The molecular weight excluding hydrogens is 305 g/mol. The van der Waals surface area contributed by atoms with Gasteiger partial charge in [0, 0.05) is 25.1 Å². The van der Waals surface area contributed by atoms with Crippen LogP contribution in [0.25, 0.3) is 0 Å². The number of amides is 2. The fourth-order valence-electron chi connectivity index (χ4n) is 2.47. The molecule has 124 valence electrons. The second kappa shape index (κ2) is 7.66. The molecule has 0 radical (unpaired) electrons. The quantitative estimate of drug-likeness (QED) is 0.680. The SMILES string of the molecule is O=C(CN1CCCCCCC1=O)Nc1cc([N+](=O)[O-])ccc1F. The zero-order valence-electron chi connectivity index (χ0n) is 12.6. The zero-order valence-corrected chi connectivity index (χ0v) is 12.6. The number of anilines is 1. The summed E-state index contributed by atoms with van der Waals surface area (Å²) in [4.78, 5) is 35.4. The molecule has 1 aliphatic rings. The lowest BCUT2D eigenvalue weighted by Gasteiger charge is -2.24. The van der Waals surface area contributed by atoms with E-state index in [1.165, 1.54) is 4.90 Å². The minimum Gasteiger partial charge on any atom is -0.333 e. The molecule has 1 N–H and O–H groups in total. The van der Waals surface area contributed by atoms with Crippen LogP contribution in [0.4, 0.5) is 15.8 Å². The summed E-state index contributed by atoms with van der Waals surface area (Å²) >= 11 is 0. The number of nitro groups is 1. The molecule has 23 heavy (non-hydrogen) atoms. The van der Waals surface area contributed by atoms with E-state index in [0.29, 0.717) is 13.0 Å². The van der Waals surface area contributed by atoms with E-state index in [0.717, 1.165) is 43.9 Å². The number of benzene rings is 1. The highest BCUT2D eigenvalue weighted by Crippen LogP contribution is 2.21. The summed E-state index contributed by atoms with van der Waals surface area (Å²) < 4.78 is 13.6. The van der Waals surface area contributed by atoms with Crippen molar-refractivity contribution in [3.8, 4) is 0 Å². The monoisotopic (exact) mass is 323 g/mol. The molecule has 1 aliphatic heterocycles. The molecule has 7 nitrogen and oxygen atoms in total. The number of rotatable bonds is 4. The van der Waals surface area contributed by atoms with E-state index >= 15 is 0 Å². The first-order chi connectivity index (χ1) is 11.0. The average Bonchev–Trinajstić information content (AvgIpc) is 2.49. The van der Waals surface area contributed by atoms with Crippen molar-refractivity contribution >= 4 is 23.2 Å². The number of hydrogen-bond acceptors (Lipinski definition) is 4. The molecule has 2 rings (SSSR count). The van der Waals surface area contributed by atoms with Crippen molar-refractivity contribution in [3.05, 3.63) is 34.1 Å². The molecule has 0 aliphatic carbocycles. The smallest absolute Gasteiger partial charge is 0.271 e. The van der Waals surface area contributed by atoms with Gasteiger partial charge in [0.25, 0.3) is 5.69 Å². The van der Waals surface area contributed by atoms with Crippen LogP contribution >= 0.6 is 0 Å². The minimum atomic E-state index is -0.761. The zero-order chi connectivity index (χ0) is 16.8. The highest BCUT2D eigenvalue weighted by molar-refractivity contribution is 5.94. The van der Waals surface area contributed by atoms with E-state index in [-0.39, 0.29) is 23.8 Å². The maximum absolute atomic E-state index is 13.6. The molecule has 1 aromatic carbocycles. The second-order valence-electron chi connectivity index (χ2n) is 5.45. The van der Waals surface area contributed by atoms with Crippen LogP contribution in [0.2, 0.25) is 0 Å². The third-order valence-corrected chi connectivity index (χ3v) is 3.69. The van der Waals surface area contributed by atoms with Gasteiger partial charge in [-0.1, -0.05) is 12.8 Å². The lowest BCUT2D eigenvalue weighted by Crippen LogP contribution is -2.39. The number of hydrogen-bond donors (Lipinski definition) is 1. The number of likely N-dealkylation sites (tertiary alicyclic amines) is 1. The van der Waals surface area contributed by atoms with Gasteiger partial charge in [-0.2, -0.15) is 0 Å². The summed E-state index contributed by atoms with van der Waals surface area (Å²) in [6.07, 6.45) is 4.04. The van der Waals surface area contributed by atoms with Crippen molar-refractivity contribution in [2.45, 2.75) is 32.1 Å². The normalized spacial score (nSPS) is 15.7. The Morgan fingerprint density at radius 2 is 2.04 bits per heavy atom. The molecule has 1 saturated heterocycles. The van der Waals surface area contributed by atoms with Crippen LogP contribution in [0.5, 0.6) is 0 Å². The van der Waals surface area contributed by atoms with Crippen molar-refractivity contribution in [3.63, 3.8) is 0 Å². The van der Waals surface area contributed by atoms with Gasteiger partial charge < -0.3 is 10.2 Å². The van der Waals surface area contributed by atoms with E-state index in [9.17, 15) is 24.1 Å². The van der Waals surface area contributed by atoms with Crippen molar-refractivity contribution < 1.29 is 18.9 Å². The Hall–Kier alpha value is -2.51. The highest BCUT2D eigenvalue weighted by Gasteiger charge is 2.20. The molecule has 0 atom stereocenters. The van der Waals surface area contributed by atoms with Crippen LogP contribution in [0.15, 0.2) is 18.2 Å². The number of nitrogens with zero attached hydrogens (tertiary/aromatic N) is 2. The van der Waals surface area contributed by atoms with Crippen LogP contribution in [0, 0.1) is 15.9 Å². The first kappa shape index (κ1) is 16.9. The van der Waals surface area contributed by atoms with E-state index in [4.69, 9.17) is 0 Å². The van der Waals surface area contributed by atoms with Crippen molar-refractivity contribution in [2.75, 3.05) is 18.4 Å². The van der Waals surface area contributed by atoms with Gasteiger partial charge in [-0.05, 0) is 18.9 Å². The summed E-state index contributed by atoms with van der Waals surface area (Å²) in [5.41, 5.74) is -0.576. The predicted molar refractivity (Wildman–Crippen MR) is 81.3 cm³/mol. The standard InChI is InChI=1S/C15H18FN3O4/c16-12-7-6-11(19(22)23)9-13(12)17-14(20)10-18-8-4-2-1-3-5-15(18)21/h6-7,9H,1-5,8,10H2,(H,17,20). The maximum Gasteiger partial charge on any atom is 0.271 e. The Balaban J connectivity index is 2.02. The van der Waals surface area contributed by atoms with Crippen LogP contribution in [-0.4, -0.2) is 34.7 Å². The van der Waals surface area contributed by atoms with Gasteiger partial charge in [0.15, 0.2) is 0 Å². The Morgan fingerprint density at radius 3 is 2.78 bits per heavy atom. The van der Waals surface area contributed by atoms with Crippen molar-refractivity contribution in [1.29, 1.82) is 0 Å². The van der Waals surface area contributed by atoms with Crippen LogP contribution < -0.4 is 5.32 Å². The number of nitro benzene ring substituents is 1. The Kier molecular flexibility index (Phi) is 5.61. The fraction of sp³-hybridized carbons (Fsp3) is 0.467. The summed E-state index contributed by atoms with van der Waals surface area (Å²) in [6.45, 7) is 0.310. The molecule has 0 bridgehead atoms.